The first-order chi connectivity index (χ1) is 12.0. The van der Waals surface area contributed by atoms with Crippen molar-refractivity contribution in [3.05, 3.63) is 36.0 Å². The summed E-state index contributed by atoms with van der Waals surface area (Å²) in [6.07, 6.45) is 2.33. The van der Waals surface area contributed by atoms with Gasteiger partial charge in [0.15, 0.2) is 0 Å². The molecule has 0 bridgehead atoms. The van der Waals surface area contributed by atoms with E-state index in [9.17, 15) is 13.6 Å². The fourth-order valence-electron chi connectivity index (χ4n) is 3.25. The second-order valence-electron chi connectivity index (χ2n) is 6.21. The maximum atomic E-state index is 12.9. The molecule has 3 N–H and O–H groups in total. The summed E-state index contributed by atoms with van der Waals surface area (Å²) >= 11 is 0. The molecule has 1 aromatic heterocycles. The first-order valence-corrected chi connectivity index (χ1v) is 8.09. The molecular weight excluding hydrogens is 330 g/mol. The number of nitrogens with zero attached hydrogens (tertiary/aromatic N) is 2. The van der Waals surface area contributed by atoms with Crippen LogP contribution in [0.3, 0.4) is 0 Å². The Morgan fingerprint density at radius 1 is 1.52 bits per heavy atom. The zero-order valence-electron chi connectivity index (χ0n) is 13.8. The Bertz CT molecular complexity index is 750. The number of likely N-dealkylation sites (tertiary alicyclic amines) is 1. The highest BCUT2D eigenvalue weighted by Gasteiger charge is 2.33. The summed E-state index contributed by atoms with van der Waals surface area (Å²) in [4.78, 5) is 14.7. The van der Waals surface area contributed by atoms with Crippen LogP contribution in [0.4, 0.5) is 8.78 Å². The minimum Gasteiger partial charge on any atom is -0.435 e. The number of aromatic amines is 1. The van der Waals surface area contributed by atoms with E-state index in [0.717, 1.165) is 6.42 Å². The number of nitrogens with one attached hydrogen (secondary N) is 1. The molecule has 2 heterocycles. The van der Waals surface area contributed by atoms with E-state index >= 15 is 0 Å². The van der Waals surface area contributed by atoms with Crippen LogP contribution in [0.25, 0.3) is 11.3 Å². The number of alkyl halides is 2. The van der Waals surface area contributed by atoms with E-state index in [1.54, 1.807) is 17.0 Å². The van der Waals surface area contributed by atoms with Gasteiger partial charge < -0.3 is 15.4 Å². The number of rotatable bonds is 5. The van der Waals surface area contributed by atoms with Gasteiger partial charge in [0.1, 0.15) is 5.75 Å². The van der Waals surface area contributed by atoms with Crippen LogP contribution in [0.2, 0.25) is 0 Å². The van der Waals surface area contributed by atoms with E-state index in [4.69, 9.17) is 5.73 Å². The number of ether oxygens (including phenoxy) is 1. The molecule has 2 atom stereocenters. The zero-order valence-corrected chi connectivity index (χ0v) is 13.8. The SMILES string of the molecule is CC1CC(CN)CN1C(=O)c1cn[nH]c1-c1cccc(OC(F)F)c1. The van der Waals surface area contributed by atoms with E-state index < -0.39 is 6.61 Å². The third kappa shape index (κ3) is 3.63. The van der Waals surface area contributed by atoms with E-state index in [2.05, 4.69) is 14.9 Å². The van der Waals surface area contributed by atoms with Crippen LogP contribution in [0, 0.1) is 5.92 Å². The molecule has 1 aromatic carbocycles. The van der Waals surface area contributed by atoms with Crippen LogP contribution < -0.4 is 10.5 Å². The van der Waals surface area contributed by atoms with E-state index in [1.807, 2.05) is 6.92 Å². The Kier molecular flexibility index (Phi) is 4.98. The van der Waals surface area contributed by atoms with Gasteiger partial charge in [-0.25, -0.2) is 0 Å². The lowest BCUT2D eigenvalue weighted by Gasteiger charge is -2.21. The van der Waals surface area contributed by atoms with Gasteiger partial charge in [-0.2, -0.15) is 13.9 Å². The summed E-state index contributed by atoms with van der Waals surface area (Å²) < 4.78 is 29.2. The Morgan fingerprint density at radius 2 is 2.32 bits per heavy atom. The van der Waals surface area contributed by atoms with Crippen molar-refractivity contribution in [1.29, 1.82) is 0 Å². The highest BCUT2D eigenvalue weighted by Crippen LogP contribution is 2.29. The quantitative estimate of drug-likeness (QED) is 0.868. The lowest BCUT2D eigenvalue weighted by Crippen LogP contribution is -2.34. The lowest BCUT2D eigenvalue weighted by atomic mass is 10.1. The molecule has 0 spiro atoms. The number of hydrogen-bond acceptors (Lipinski definition) is 4. The molecule has 0 saturated carbocycles. The van der Waals surface area contributed by atoms with Crippen molar-refractivity contribution in [2.24, 2.45) is 11.7 Å². The largest absolute Gasteiger partial charge is 0.435 e. The van der Waals surface area contributed by atoms with Gasteiger partial charge in [-0.05, 0) is 37.9 Å². The van der Waals surface area contributed by atoms with Gasteiger partial charge in [0.2, 0.25) is 0 Å². The highest BCUT2D eigenvalue weighted by atomic mass is 19.3. The topological polar surface area (TPSA) is 84.2 Å². The number of H-pyrrole nitrogens is 1. The average Bonchev–Trinajstić information content (AvgIpc) is 3.20. The maximum Gasteiger partial charge on any atom is 0.387 e. The zero-order chi connectivity index (χ0) is 18.0. The third-order valence-electron chi connectivity index (χ3n) is 4.47. The van der Waals surface area contributed by atoms with Crippen LogP contribution in [0.15, 0.2) is 30.5 Å². The average molecular weight is 350 g/mol. The van der Waals surface area contributed by atoms with Crippen molar-refractivity contribution >= 4 is 5.91 Å². The second kappa shape index (κ2) is 7.18. The summed E-state index contributed by atoms with van der Waals surface area (Å²) in [6.45, 7) is 0.233. The molecule has 2 aromatic rings. The Balaban J connectivity index is 1.87. The fraction of sp³-hybridized carbons (Fsp3) is 0.412. The monoisotopic (exact) mass is 350 g/mol. The predicted molar refractivity (Wildman–Crippen MR) is 88.3 cm³/mol. The van der Waals surface area contributed by atoms with Crippen LogP contribution in [-0.2, 0) is 0 Å². The lowest BCUT2D eigenvalue weighted by molar-refractivity contribution is -0.0498. The molecule has 8 heteroatoms. The number of benzene rings is 1. The van der Waals surface area contributed by atoms with Crippen molar-refractivity contribution in [3.63, 3.8) is 0 Å². The predicted octanol–water partition coefficient (Wildman–Crippen LogP) is 2.49. The molecule has 0 aliphatic carbocycles. The molecule has 2 unspecified atom stereocenters. The molecule has 1 saturated heterocycles. The summed E-state index contributed by atoms with van der Waals surface area (Å²) in [5, 5.41) is 6.74. The second-order valence-corrected chi connectivity index (χ2v) is 6.21. The maximum absolute atomic E-state index is 12.9. The summed E-state index contributed by atoms with van der Waals surface area (Å²) in [7, 11) is 0. The number of nitrogens with two attached hydrogens (primary N) is 1. The Hall–Kier alpha value is -2.48. The van der Waals surface area contributed by atoms with Gasteiger partial charge in [0, 0.05) is 18.2 Å². The van der Waals surface area contributed by atoms with Crippen LogP contribution in [0.5, 0.6) is 5.75 Å². The third-order valence-corrected chi connectivity index (χ3v) is 4.47. The molecule has 134 valence electrons. The van der Waals surface area contributed by atoms with Gasteiger partial charge >= 0.3 is 6.61 Å². The van der Waals surface area contributed by atoms with Crippen LogP contribution in [-0.4, -0.2) is 46.7 Å². The van der Waals surface area contributed by atoms with E-state index in [1.165, 1.54) is 18.3 Å². The van der Waals surface area contributed by atoms with Crippen LogP contribution in [0.1, 0.15) is 23.7 Å². The van der Waals surface area contributed by atoms with Gasteiger partial charge in [-0.15, -0.1) is 0 Å². The Morgan fingerprint density at radius 3 is 3.00 bits per heavy atom. The first kappa shape index (κ1) is 17.3. The molecule has 3 rings (SSSR count). The summed E-state index contributed by atoms with van der Waals surface area (Å²) in [5.74, 6) is 0.169. The highest BCUT2D eigenvalue weighted by molar-refractivity contribution is 6.00. The number of amides is 1. The smallest absolute Gasteiger partial charge is 0.387 e. The summed E-state index contributed by atoms with van der Waals surface area (Å²) in [6, 6.07) is 6.27. The molecule has 6 nitrogen and oxygen atoms in total. The van der Waals surface area contributed by atoms with Gasteiger partial charge in [-0.3, -0.25) is 9.89 Å². The molecule has 25 heavy (non-hydrogen) atoms. The van der Waals surface area contributed by atoms with Crippen molar-refractivity contribution in [3.8, 4) is 17.0 Å². The first-order valence-electron chi connectivity index (χ1n) is 8.09. The number of carbonyl (C=O) groups is 1. The normalized spacial score (nSPS) is 20.3. The molecule has 1 fully saturated rings. The number of carbonyl (C=O) groups excluding carboxylic acids is 1. The standard InChI is InChI=1S/C17H20F2N4O2/c1-10-5-11(7-20)9-23(10)16(24)14-8-21-22-15(14)12-3-2-4-13(6-12)25-17(18)19/h2-4,6,8,10-11,17H,5,7,9,20H2,1H3,(H,21,22). The van der Waals surface area contributed by atoms with Crippen molar-refractivity contribution in [1.82, 2.24) is 15.1 Å². The fourth-order valence-corrected chi connectivity index (χ4v) is 3.25. The van der Waals surface area contributed by atoms with Crippen molar-refractivity contribution in [2.45, 2.75) is 26.0 Å². The number of halogens is 2. The van der Waals surface area contributed by atoms with Gasteiger partial charge in [-0.1, -0.05) is 12.1 Å². The summed E-state index contributed by atoms with van der Waals surface area (Å²) in [5.41, 5.74) is 7.16. The molecular formula is C17H20F2N4O2. The van der Waals surface area contributed by atoms with Gasteiger partial charge in [0.05, 0.1) is 17.5 Å². The number of aromatic nitrogens is 2. The minimum absolute atomic E-state index is 0.0261. The van der Waals surface area contributed by atoms with Gasteiger partial charge in [0.25, 0.3) is 5.91 Å². The van der Waals surface area contributed by atoms with Crippen molar-refractivity contribution < 1.29 is 18.3 Å². The van der Waals surface area contributed by atoms with E-state index in [0.29, 0.717) is 29.9 Å². The Labute approximate surface area is 144 Å². The molecule has 1 aliphatic heterocycles. The molecule has 0 radical (unpaired) electrons. The van der Waals surface area contributed by atoms with E-state index in [-0.39, 0.29) is 23.6 Å². The van der Waals surface area contributed by atoms with Crippen molar-refractivity contribution in [2.75, 3.05) is 13.1 Å². The minimum atomic E-state index is -2.91. The van der Waals surface area contributed by atoms with Crippen LogP contribution >= 0.6 is 0 Å². The number of hydrogen-bond donors (Lipinski definition) is 2. The molecule has 1 amide bonds. The molecule has 1 aliphatic rings.